The summed E-state index contributed by atoms with van der Waals surface area (Å²) in [6, 6.07) is -0.263. The van der Waals surface area contributed by atoms with Crippen LogP contribution in [0.2, 0.25) is 0 Å². The van der Waals surface area contributed by atoms with Crippen LogP contribution in [0, 0.1) is 5.92 Å². The number of nitrogens with zero attached hydrogens (tertiary/aromatic N) is 3. The number of hydrogen-bond acceptors (Lipinski definition) is 7. The van der Waals surface area contributed by atoms with Crippen LogP contribution in [0.4, 0.5) is 5.95 Å². The fraction of sp³-hybridized carbons (Fsp3) is 0.417. The first-order valence-electron chi connectivity index (χ1n) is 6.23. The number of nitrogens with two attached hydrogens (primary N) is 1. The summed E-state index contributed by atoms with van der Waals surface area (Å²) in [5.74, 6) is -0.371. The van der Waals surface area contributed by atoms with Crippen LogP contribution in [0.5, 0.6) is 0 Å². The van der Waals surface area contributed by atoms with Crippen LogP contribution in [-0.2, 0) is 0 Å². The molecule has 9 heteroatoms. The van der Waals surface area contributed by atoms with Gasteiger partial charge in [-0.1, -0.05) is 6.58 Å². The molecule has 3 atom stereocenters. The number of aromatic amines is 1. The number of aromatic nitrogens is 4. The lowest BCUT2D eigenvalue weighted by atomic mass is 10.0. The molecule has 0 aromatic carbocycles. The van der Waals surface area contributed by atoms with E-state index in [2.05, 4.69) is 21.5 Å². The average Bonchev–Trinajstić information content (AvgIpc) is 2.91. The molecular weight excluding hydrogens is 276 g/mol. The molecule has 1 aliphatic rings. The number of rotatable bonds is 2. The molecule has 1 saturated carbocycles. The van der Waals surface area contributed by atoms with Crippen LogP contribution >= 0.6 is 0 Å². The van der Waals surface area contributed by atoms with E-state index in [9.17, 15) is 15.0 Å². The minimum absolute atomic E-state index is 0. The van der Waals surface area contributed by atoms with Crippen molar-refractivity contribution in [3.63, 3.8) is 0 Å². The number of aliphatic hydroxyl groups excluding tert-OH is 2. The molecule has 1 fully saturated rings. The van der Waals surface area contributed by atoms with Gasteiger partial charge in [0.05, 0.1) is 25.1 Å². The van der Waals surface area contributed by atoms with E-state index in [1.165, 1.54) is 6.33 Å². The highest BCUT2D eigenvalue weighted by atomic mass is 16.3. The number of fused-ring (bicyclic) bond motifs is 1. The number of H-pyrrole nitrogens is 1. The van der Waals surface area contributed by atoms with Gasteiger partial charge in [-0.2, -0.15) is 4.98 Å². The minimum atomic E-state index is -0.672. The van der Waals surface area contributed by atoms with Gasteiger partial charge in [0.2, 0.25) is 5.95 Å². The van der Waals surface area contributed by atoms with Crippen molar-refractivity contribution < 1.29 is 10.2 Å². The number of aliphatic hydroxyl groups is 2. The van der Waals surface area contributed by atoms with Crippen molar-refractivity contribution in [2.45, 2.75) is 18.6 Å². The van der Waals surface area contributed by atoms with Crippen LogP contribution in [0.15, 0.2) is 23.3 Å². The van der Waals surface area contributed by atoms with Crippen molar-refractivity contribution >= 4 is 17.1 Å². The van der Waals surface area contributed by atoms with E-state index in [-0.39, 0.29) is 36.2 Å². The van der Waals surface area contributed by atoms with E-state index in [1.807, 2.05) is 0 Å². The SMILES string of the molecule is C=C1[C@H](CO)[C@@H](O)C[C@@H]1n1cnc2c(=O)[nH]c(N)nc21.N. The van der Waals surface area contributed by atoms with E-state index in [4.69, 9.17) is 5.73 Å². The van der Waals surface area contributed by atoms with Gasteiger partial charge in [0.25, 0.3) is 5.56 Å². The van der Waals surface area contributed by atoms with E-state index < -0.39 is 11.7 Å². The highest BCUT2D eigenvalue weighted by Crippen LogP contribution is 2.39. The Hall–Kier alpha value is -2.23. The third-order valence-electron chi connectivity index (χ3n) is 3.82. The molecule has 1 aliphatic carbocycles. The van der Waals surface area contributed by atoms with Gasteiger partial charge in [-0.25, -0.2) is 4.98 Å². The van der Waals surface area contributed by atoms with Gasteiger partial charge in [-0.3, -0.25) is 9.78 Å². The molecule has 0 bridgehead atoms. The molecule has 2 aromatic rings. The van der Waals surface area contributed by atoms with Gasteiger partial charge in [0.15, 0.2) is 11.2 Å². The lowest BCUT2D eigenvalue weighted by molar-refractivity contribution is 0.101. The largest absolute Gasteiger partial charge is 0.396 e. The molecule has 0 saturated heterocycles. The van der Waals surface area contributed by atoms with E-state index in [0.29, 0.717) is 17.6 Å². The van der Waals surface area contributed by atoms with E-state index in [0.717, 1.165) is 0 Å². The van der Waals surface area contributed by atoms with Crippen molar-refractivity contribution in [1.82, 2.24) is 25.7 Å². The predicted molar refractivity (Wildman–Crippen MR) is 77.0 cm³/mol. The molecule has 2 heterocycles. The first-order chi connectivity index (χ1) is 9.52. The fourth-order valence-electron chi connectivity index (χ4n) is 2.74. The molecule has 3 rings (SSSR count). The summed E-state index contributed by atoms with van der Waals surface area (Å²) >= 11 is 0. The highest BCUT2D eigenvalue weighted by molar-refractivity contribution is 5.70. The van der Waals surface area contributed by atoms with E-state index in [1.54, 1.807) is 4.57 Å². The van der Waals surface area contributed by atoms with Crippen molar-refractivity contribution in [2.24, 2.45) is 5.92 Å². The fourth-order valence-corrected chi connectivity index (χ4v) is 2.74. The van der Waals surface area contributed by atoms with Crippen molar-refractivity contribution in [2.75, 3.05) is 12.3 Å². The monoisotopic (exact) mass is 294 g/mol. The van der Waals surface area contributed by atoms with Crippen LogP contribution < -0.4 is 17.4 Å². The molecular formula is C12H18N6O3. The molecule has 0 aliphatic heterocycles. The van der Waals surface area contributed by atoms with Crippen LogP contribution in [0.1, 0.15) is 12.5 Å². The van der Waals surface area contributed by atoms with Gasteiger partial charge in [0, 0.05) is 5.92 Å². The second-order valence-corrected chi connectivity index (χ2v) is 4.96. The van der Waals surface area contributed by atoms with E-state index >= 15 is 0 Å². The Labute approximate surface area is 119 Å². The Morgan fingerprint density at radius 3 is 2.90 bits per heavy atom. The van der Waals surface area contributed by atoms with Gasteiger partial charge in [-0.15, -0.1) is 0 Å². The Balaban J connectivity index is 0.00000161. The maximum atomic E-state index is 11.7. The summed E-state index contributed by atoms with van der Waals surface area (Å²) in [5, 5.41) is 19.2. The summed E-state index contributed by atoms with van der Waals surface area (Å²) in [6.45, 7) is 3.76. The van der Waals surface area contributed by atoms with Gasteiger partial charge >= 0.3 is 0 Å². The van der Waals surface area contributed by atoms with Crippen LogP contribution in [0.3, 0.4) is 0 Å². The third kappa shape index (κ3) is 2.20. The Morgan fingerprint density at radius 1 is 1.57 bits per heavy atom. The van der Waals surface area contributed by atoms with Crippen LogP contribution in [-0.4, -0.2) is 42.4 Å². The lowest BCUT2D eigenvalue weighted by Crippen LogP contribution is -2.17. The summed E-state index contributed by atoms with van der Waals surface area (Å²) < 4.78 is 1.67. The molecule has 114 valence electrons. The first kappa shape index (κ1) is 15.2. The van der Waals surface area contributed by atoms with Gasteiger partial charge < -0.3 is 26.7 Å². The molecule has 0 spiro atoms. The smallest absolute Gasteiger partial charge is 0.280 e. The lowest BCUT2D eigenvalue weighted by Gasteiger charge is -2.15. The number of nitrogen functional groups attached to an aromatic ring is 1. The molecule has 9 nitrogen and oxygen atoms in total. The number of hydrogen-bond donors (Lipinski definition) is 5. The molecule has 0 radical (unpaired) electrons. The second-order valence-electron chi connectivity index (χ2n) is 4.96. The second kappa shape index (κ2) is 5.28. The zero-order valence-corrected chi connectivity index (χ0v) is 11.4. The Bertz CT molecular complexity index is 736. The summed E-state index contributed by atoms with van der Waals surface area (Å²) in [4.78, 5) is 22.2. The number of imidazole rings is 1. The molecule has 21 heavy (non-hydrogen) atoms. The van der Waals surface area contributed by atoms with Gasteiger partial charge in [0.1, 0.15) is 0 Å². The quantitative estimate of drug-likeness (QED) is 0.458. The zero-order chi connectivity index (χ0) is 14.4. The summed E-state index contributed by atoms with van der Waals surface area (Å²) in [7, 11) is 0. The maximum Gasteiger partial charge on any atom is 0.280 e. The topological polar surface area (TPSA) is 165 Å². The molecule has 0 amide bonds. The zero-order valence-electron chi connectivity index (χ0n) is 11.4. The standard InChI is InChI=1S/C12H15N5O3.H3N/c1-5-6(3-18)8(19)2-7(5)17-4-14-9-10(17)15-12(13)16-11(9)20;/h4,6-8,18-19H,1-3H2,(H3,13,15,16,20);1H3/t6-,7-,8-;/m0./s1. The van der Waals surface area contributed by atoms with Crippen LogP contribution in [0.25, 0.3) is 11.2 Å². The molecule has 2 aromatic heterocycles. The van der Waals surface area contributed by atoms with Crippen molar-refractivity contribution in [3.05, 3.63) is 28.8 Å². The number of anilines is 1. The predicted octanol–water partition coefficient (Wildman–Crippen LogP) is -0.666. The highest BCUT2D eigenvalue weighted by Gasteiger charge is 2.37. The Morgan fingerprint density at radius 2 is 2.29 bits per heavy atom. The number of nitrogens with one attached hydrogen (secondary N) is 1. The summed E-state index contributed by atoms with van der Waals surface area (Å²) in [5.41, 5.74) is 6.37. The Kier molecular flexibility index (Phi) is 3.81. The third-order valence-corrected chi connectivity index (χ3v) is 3.82. The van der Waals surface area contributed by atoms with Crippen molar-refractivity contribution in [1.29, 1.82) is 0 Å². The normalized spacial score (nSPS) is 25.2. The van der Waals surface area contributed by atoms with Gasteiger partial charge in [-0.05, 0) is 12.0 Å². The minimum Gasteiger partial charge on any atom is -0.396 e. The first-order valence-corrected chi connectivity index (χ1v) is 6.23. The van der Waals surface area contributed by atoms with Crippen molar-refractivity contribution in [3.8, 4) is 0 Å². The average molecular weight is 294 g/mol. The summed E-state index contributed by atoms with van der Waals surface area (Å²) in [6.07, 6.45) is 1.20. The molecule has 8 N–H and O–H groups in total. The molecule has 0 unspecified atom stereocenters. The maximum absolute atomic E-state index is 11.7.